The molecule has 0 saturated carbocycles. The summed E-state index contributed by atoms with van der Waals surface area (Å²) < 4.78 is 24.4. The molecule has 138 valence electrons. The van der Waals surface area contributed by atoms with Crippen LogP contribution in [0.3, 0.4) is 0 Å². The molecule has 7 nitrogen and oxygen atoms in total. The molecule has 2 aliphatic rings. The molecule has 1 aromatic carbocycles. The Bertz CT molecular complexity index is 981. The Morgan fingerprint density at radius 1 is 1.12 bits per heavy atom. The van der Waals surface area contributed by atoms with Gasteiger partial charge in [0.2, 0.25) is 5.91 Å². The predicted molar refractivity (Wildman–Crippen MR) is 97.6 cm³/mol. The van der Waals surface area contributed by atoms with Crippen LogP contribution in [0.5, 0.6) is 0 Å². The summed E-state index contributed by atoms with van der Waals surface area (Å²) in [7, 11) is -3.27. The maximum atomic E-state index is 13.1. The minimum atomic E-state index is -3.27. The van der Waals surface area contributed by atoms with Gasteiger partial charge in [-0.2, -0.15) is 0 Å². The summed E-state index contributed by atoms with van der Waals surface area (Å²) in [5.74, 6) is -0.380. The van der Waals surface area contributed by atoms with Gasteiger partial charge in [0.15, 0.2) is 9.84 Å². The Morgan fingerprint density at radius 3 is 2.54 bits per heavy atom. The van der Waals surface area contributed by atoms with E-state index in [0.717, 1.165) is 10.9 Å². The van der Waals surface area contributed by atoms with Crippen molar-refractivity contribution in [2.75, 3.05) is 24.6 Å². The number of amides is 2. The van der Waals surface area contributed by atoms with Gasteiger partial charge in [0.05, 0.1) is 23.6 Å². The Morgan fingerprint density at radius 2 is 1.81 bits per heavy atom. The standard InChI is InChI=1S/C18H21N3O4S/c1-2-17(22)20-7-8-21(16-11-26(24,25)10-15(16)20)18(23)13-3-4-14-12(9-13)5-6-19-14/h3-6,9,15-16,19H,2,7-8,10-11H2,1H3/t15-,16+/m0/s1. The monoisotopic (exact) mass is 375 g/mol. The lowest BCUT2D eigenvalue weighted by Crippen LogP contribution is -2.61. The van der Waals surface area contributed by atoms with Crippen molar-refractivity contribution in [3.63, 3.8) is 0 Å². The number of nitrogens with one attached hydrogen (secondary N) is 1. The van der Waals surface area contributed by atoms with Crippen LogP contribution in [0, 0.1) is 0 Å². The quantitative estimate of drug-likeness (QED) is 0.849. The molecule has 0 spiro atoms. The van der Waals surface area contributed by atoms with Crippen molar-refractivity contribution in [2.24, 2.45) is 0 Å². The third kappa shape index (κ3) is 2.78. The zero-order valence-electron chi connectivity index (χ0n) is 14.5. The van der Waals surface area contributed by atoms with Crippen molar-refractivity contribution in [3.05, 3.63) is 36.0 Å². The first-order chi connectivity index (χ1) is 12.4. The van der Waals surface area contributed by atoms with Crippen LogP contribution >= 0.6 is 0 Å². The number of carbonyl (C=O) groups is 2. The first-order valence-electron chi connectivity index (χ1n) is 8.77. The third-order valence-corrected chi connectivity index (χ3v) is 7.06. The number of piperazine rings is 1. The first-order valence-corrected chi connectivity index (χ1v) is 10.6. The minimum Gasteiger partial charge on any atom is -0.361 e. The lowest BCUT2D eigenvalue weighted by Gasteiger charge is -2.43. The molecule has 2 aromatic rings. The zero-order valence-corrected chi connectivity index (χ0v) is 15.3. The number of fused-ring (bicyclic) bond motifs is 2. The number of aromatic amines is 1. The molecule has 8 heteroatoms. The number of hydrogen-bond acceptors (Lipinski definition) is 4. The zero-order chi connectivity index (χ0) is 18.5. The van der Waals surface area contributed by atoms with Crippen LogP contribution < -0.4 is 0 Å². The Labute approximate surface area is 151 Å². The predicted octanol–water partition coefficient (Wildman–Crippen LogP) is 1.03. The highest BCUT2D eigenvalue weighted by atomic mass is 32.2. The van der Waals surface area contributed by atoms with E-state index in [4.69, 9.17) is 0 Å². The van der Waals surface area contributed by atoms with Gasteiger partial charge in [-0.15, -0.1) is 0 Å². The Hall–Kier alpha value is -2.35. The molecule has 1 N–H and O–H groups in total. The molecule has 4 rings (SSSR count). The van der Waals surface area contributed by atoms with Crippen molar-refractivity contribution >= 4 is 32.6 Å². The van der Waals surface area contributed by atoms with Crippen LogP contribution in [-0.4, -0.2) is 71.7 Å². The average Bonchev–Trinajstić information content (AvgIpc) is 3.21. The van der Waals surface area contributed by atoms with Crippen LogP contribution in [0.15, 0.2) is 30.5 Å². The summed E-state index contributed by atoms with van der Waals surface area (Å²) in [6.45, 7) is 2.50. The molecule has 26 heavy (non-hydrogen) atoms. The van der Waals surface area contributed by atoms with E-state index in [1.54, 1.807) is 22.8 Å². The number of rotatable bonds is 2. The van der Waals surface area contributed by atoms with Gasteiger partial charge in [-0.25, -0.2) is 8.42 Å². The van der Waals surface area contributed by atoms with Crippen molar-refractivity contribution in [3.8, 4) is 0 Å². The van der Waals surface area contributed by atoms with Gasteiger partial charge >= 0.3 is 0 Å². The Kier molecular flexibility index (Phi) is 4.02. The number of hydrogen-bond donors (Lipinski definition) is 1. The lowest BCUT2D eigenvalue weighted by molar-refractivity contribution is -0.135. The molecular weight excluding hydrogens is 354 g/mol. The van der Waals surface area contributed by atoms with Gasteiger partial charge < -0.3 is 14.8 Å². The van der Waals surface area contributed by atoms with E-state index in [0.29, 0.717) is 25.1 Å². The lowest BCUT2D eigenvalue weighted by atomic mass is 10.0. The largest absolute Gasteiger partial charge is 0.361 e. The molecule has 2 amide bonds. The first kappa shape index (κ1) is 17.1. The van der Waals surface area contributed by atoms with E-state index in [9.17, 15) is 18.0 Å². The molecule has 2 saturated heterocycles. The van der Waals surface area contributed by atoms with E-state index in [-0.39, 0.29) is 23.3 Å². The van der Waals surface area contributed by atoms with E-state index in [1.165, 1.54) is 0 Å². The van der Waals surface area contributed by atoms with Crippen LogP contribution in [0.1, 0.15) is 23.7 Å². The maximum absolute atomic E-state index is 13.1. The summed E-state index contributed by atoms with van der Waals surface area (Å²) in [4.78, 5) is 31.7. The van der Waals surface area contributed by atoms with E-state index < -0.39 is 21.9 Å². The van der Waals surface area contributed by atoms with Crippen LogP contribution in [-0.2, 0) is 14.6 Å². The maximum Gasteiger partial charge on any atom is 0.254 e. The number of H-pyrrole nitrogens is 1. The molecule has 0 unspecified atom stereocenters. The number of sulfone groups is 1. The van der Waals surface area contributed by atoms with Crippen molar-refractivity contribution in [1.82, 2.24) is 14.8 Å². The summed E-state index contributed by atoms with van der Waals surface area (Å²) in [5, 5.41) is 0.936. The fourth-order valence-corrected chi connectivity index (χ4v) is 6.05. The number of benzene rings is 1. The number of nitrogens with zero attached hydrogens (tertiary/aromatic N) is 2. The van der Waals surface area contributed by atoms with E-state index in [2.05, 4.69) is 4.98 Å². The fourth-order valence-electron chi connectivity index (χ4n) is 4.07. The molecule has 0 bridgehead atoms. The van der Waals surface area contributed by atoms with E-state index >= 15 is 0 Å². The van der Waals surface area contributed by atoms with Crippen LogP contribution in [0.4, 0.5) is 0 Å². The SMILES string of the molecule is CCC(=O)N1CCN(C(=O)c2ccc3[nH]ccc3c2)[C@@H]2CS(=O)(=O)C[C@@H]21. The highest BCUT2D eigenvalue weighted by Crippen LogP contribution is 2.29. The average molecular weight is 375 g/mol. The molecule has 2 atom stereocenters. The summed E-state index contributed by atoms with van der Waals surface area (Å²) >= 11 is 0. The van der Waals surface area contributed by atoms with Gasteiger partial charge in [0.25, 0.3) is 5.91 Å². The second-order valence-electron chi connectivity index (χ2n) is 6.93. The summed E-state index contributed by atoms with van der Waals surface area (Å²) in [6.07, 6.45) is 2.15. The van der Waals surface area contributed by atoms with Gasteiger partial charge in [-0.1, -0.05) is 6.92 Å². The highest BCUT2D eigenvalue weighted by molar-refractivity contribution is 7.91. The summed E-state index contributed by atoms with van der Waals surface area (Å²) in [6, 6.07) is 6.40. The topological polar surface area (TPSA) is 90.6 Å². The summed E-state index contributed by atoms with van der Waals surface area (Å²) in [5.41, 5.74) is 1.48. The molecule has 2 fully saturated rings. The molecule has 2 aliphatic heterocycles. The van der Waals surface area contributed by atoms with Gasteiger partial charge in [-0.3, -0.25) is 9.59 Å². The van der Waals surface area contributed by atoms with Gasteiger partial charge in [0.1, 0.15) is 0 Å². The molecule has 1 aromatic heterocycles. The smallest absolute Gasteiger partial charge is 0.254 e. The fraction of sp³-hybridized carbons (Fsp3) is 0.444. The normalized spacial score (nSPS) is 24.7. The van der Waals surface area contributed by atoms with E-state index in [1.807, 2.05) is 24.4 Å². The van der Waals surface area contributed by atoms with Crippen molar-refractivity contribution in [1.29, 1.82) is 0 Å². The third-order valence-electron chi connectivity index (χ3n) is 5.36. The molecule has 3 heterocycles. The van der Waals surface area contributed by atoms with Crippen LogP contribution in [0.25, 0.3) is 10.9 Å². The van der Waals surface area contributed by atoms with Crippen molar-refractivity contribution < 1.29 is 18.0 Å². The molecular formula is C18H21N3O4S. The second-order valence-corrected chi connectivity index (χ2v) is 9.08. The highest BCUT2D eigenvalue weighted by Gasteiger charge is 2.49. The minimum absolute atomic E-state index is 0.0575. The number of carbonyl (C=O) groups excluding carboxylic acids is 2. The number of aromatic nitrogens is 1. The van der Waals surface area contributed by atoms with Gasteiger partial charge in [-0.05, 0) is 24.3 Å². The Balaban J connectivity index is 1.66. The van der Waals surface area contributed by atoms with Gasteiger partial charge in [0, 0.05) is 42.2 Å². The molecule has 0 aliphatic carbocycles. The van der Waals surface area contributed by atoms with Crippen LogP contribution in [0.2, 0.25) is 0 Å². The second kappa shape index (κ2) is 6.12. The molecule has 0 radical (unpaired) electrons. The van der Waals surface area contributed by atoms with Crippen molar-refractivity contribution in [2.45, 2.75) is 25.4 Å².